The van der Waals surface area contributed by atoms with Gasteiger partial charge in [-0.15, -0.1) is 0 Å². The number of non-ortho nitro benzene ring substituents is 1. The van der Waals surface area contributed by atoms with Crippen LogP contribution in [0.25, 0.3) is 22.0 Å². The molecule has 8 heteroatoms. The van der Waals surface area contributed by atoms with Crippen molar-refractivity contribution in [3.63, 3.8) is 0 Å². The molecule has 0 atom stereocenters. The first-order valence-corrected chi connectivity index (χ1v) is 8.73. The molecule has 142 valence electrons. The van der Waals surface area contributed by atoms with Gasteiger partial charge in [0.25, 0.3) is 11.6 Å². The van der Waals surface area contributed by atoms with Crippen LogP contribution in [0.5, 0.6) is 0 Å². The fourth-order valence-electron chi connectivity index (χ4n) is 2.93. The van der Waals surface area contributed by atoms with Gasteiger partial charge in [0.15, 0.2) is 0 Å². The number of amides is 1. The molecule has 0 saturated heterocycles. The van der Waals surface area contributed by atoms with Gasteiger partial charge in [-0.2, -0.15) is 10.2 Å². The van der Waals surface area contributed by atoms with Crippen LogP contribution in [0.4, 0.5) is 5.69 Å². The second-order valence-corrected chi connectivity index (χ2v) is 6.24. The van der Waals surface area contributed by atoms with Crippen LogP contribution in [-0.2, 0) is 0 Å². The van der Waals surface area contributed by atoms with Crippen LogP contribution in [0.15, 0.2) is 77.9 Å². The van der Waals surface area contributed by atoms with E-state index >= 15 is 0 Å². The molecule has 1 aromatic heterocycles. The average Bonchev–Trinajstić information content (AvgIpc) is 3.24. The molecule has 0 aliphatic carbocycles. The number of carbonyl (C=O) groups excluding carboxylic acids is 1. The molecule has 3 aromatic carbocycles. The van der Waals surface area contributed by atoms with E-state index < -0.39 is 10.8 Å². The Kier molecular flexibility index (Phi) is 4.81. The Morgan fingerprint density at radius 3 is 2.62 bits per heavy atom. The second kappa shape index (κ2) is 7.73. The van der Waals surface area contributed by atoms with Crippen LogP contribution in [0.3, 0.4) is 0 Å². The van der Waals surface area contributed by atoms with Crippen molar-refractivity contribution in [2.24, 2.45) is 5.10 Å². The summed E-state index contributed by atoms with van der Waals surface area (Å²) in [5, 5.41) is 23.6. The number of nitrogens with one attached hydrogen (secondary N) is 2. The van der Waals surface area contributed by atoms with Gasteiger partial charge in [0, 0.05) is 17.7 Å². The van der Waals surface area contributed by atoms with Crippen molar-refractivity contribution in [1.82, 2.24) is 15.6 Å². The third-order valence-corrected chi connectivity index (χ3v) is 4.37. The third-order valence-electron chi connectivity index (χ3n) is 4.37. The minimum atomic E-state index is -0.478. The van der Waals surface area contributed by atoms with Crippen LogP contribution in [-0.4, -0.2) is 27.2 Å². The third kappa shape index (κ3) is 3.86. The summed E-state index contributed by atoms with van der Waals surface area (Å²) in [6, 6.07) is 21.4. The molecule has 0 aliphatic heterocycles. The lowest BCUT2D eigenvalue weighted by molar-refractivity contribution is -0.384. The van der Waals surface area contributed by atoms with Crippen molar-refractivity contribution >= 4 is 28.6 Å². The van der Waals surface area contributed by atoms with Crippen molar-refractivity contribution in [3.8, 4) is 11.3 Å². The molecule has 1 heterocycles. The van der Waals surface area contributed by atoms with Crippen LogP contribution in [0.2, 0.25) is 0 Å². The predicted molar refractivity (Wildman–Crippen MR) is 110 cm³/mol. The molecule has 2 N–H and O–H groups in total. The lowest BCUT2D eigenvalue weighted by Crippen LogP contribution is -2.17. The smallest absolute Gasteiger partial charge is 0.272 e. The Hall–Kier alpha value is -4.33. The van der Waals surface area contributed by atoms with E-state index in [9.17, 15) is 14.9 Å². The Labute approximate surface area is 165 Å². The zero-order valence-electron chi connectivity index (χ0n) is 15.1. The number of aromatic nitrogens is 2. The van der Waals surface area contributed by atoms with E-state index in [2.05, 4.69) is 20.7 Å². The number of rotatable bonds is 5. The normalized spacial score (nSPS) is 11.0. The first-order chi connectivity index (χ1) is 14.1. The summed E-state index contributed by atoms with van der Waals surface area (Å²) in [5.41, 5.74) is 4.88. The molecule has 0 saturated carbocycles. The number of hydrogen-bond acceptors (Lipinski definition) is 5. The first kappa shape index (κ1) is 18.1. The number of hydrazone groups is 1. The monoisotopic (exact) mass is 385 g/mol. The van der Waals surface area contributed by atoms with Gasteiger partial charge in [-0.05, 0) is 34.5 Å². The summed E-state index contributed by atoms with van der Waals surface area (Å²) in [4.78, 5) is 22.5. The topological polar surface area (TPSA) is 113 Å². The van der Waals surface area contributed by atoms with Crippen molar-refractivity contribution in [3.05, 3.63) is 94.2 Å². The lowest BCUT2D eigenvalue weighted by Gasteiger charge is -2.02. The highest BCUT2D eigenvalue weighted by Crippen LogP contribution is 2.27. The molecule has 0 radical (unpaired) electrons. The summed E-state index contributed by atoms with van der Waals surface area (Å²) in [6.45, 7) is 0. The van der Waals surface area contributed by atoms with Crippen molar-refractivity contribution in [2.45, 2.75) is 0 Å². The molecule has 4 aromatic rings. The lowest BCUT2D eigenvalue weighted by atomic mass is 10.0. The summed E-state index contributed by atoms with van der Waals surface area (Å²) in [7, 11) is 0. The van der Waals surface area contributed by atoms with E-state index in [0.29, 0.717) is 11.3 Å². The average molecular weight is 385 g/mol. The summed E-state index contributed by atoms with van der Waals surface area (Å²) < 4.78 is 0. The fraction of sp³-hybridized carbons (Fsp3) is 0. The van der Waals surface area contributed by atoms with E-state index in [4.69, 9.17) is 0 Å². The number of hydrogen-bond donors (Lipinski definition) is 2. The van der Waals surface area contributed by atoms with Crippen LogP contribution < -0.4 is 5.43 Å². The number of aromatic amines is 1. The van der Waals surface area contributed by atoms with Crippen LogP contribution >= 0.6 is 0 Å². The number of fused-ring (bicyclic) bond motifs is 1. The highest BCUT2D eigenvalue weighted by Gasteiger charge is 2.12. The van der Waals surface area contributed by atoms with Gasteiger partial charge >= 0.3 is 0 Å². The molecular weight excluding hydrogens is 370 g/mol. The van der Waals surface area contributed by atoms with E-state index in [1.807, 2.05) is 42.5 Å². The van der Waals surface area contributed by atoms with Crippen LogP contribution in [0, 0.1) is 10.1 Å². The number of nitrogens with zero attached hydrogens (tertiary/aromatic N) is 3. The van der Waals surface area contributed by atoms with Crippen molar-refractivity contribution in [2.75, 3.05) is 0 Å². The molecule has 0 spiro atoms. The number of benzene rings is 3. The van der Waals surface area contributed by atoms with Crippen molar-refractivity contribution in [1.29, 1.82) is 0 Å². The quantitative estimate of drug-likeness (QED) is 0.308. The van der Waals surface area contributed by atoms with Gasteiger partial charge in [-0.3, -0.25) is 20.0 Å². The molecule has 0 fully saturated rings. The highest BCUT2D eigenvalue weighted by molar-refractivity contribution is 5.98. The van der Waals surface area contributed by atoms with Gasteiger partial charge in [-0.1, -0.05) is 42.5 Å². The zero-order chi connectivity index (χ0) is 20.2. The van der Waals surface area contributed by atoms with Gasteiger partial charge in [0.2, 0.25) is 0 Å². The minimum absolute atomic E-state index is 0.00962. The van der Waals surface area contributed by atoms with E-state index in [-0.39, 0.29) is 11.4 Å². The van der Waals surface area contributed by atoms with Gasteiger partial charge < -0.3 is 0 Å². The maximum Gasteiger partial charge on any atom is 0.289 e. The number of nitro benzene ring substituents is 1. The van der Waals surface area contributed by atoms with Crippen LogP contribution in [0.1, 0.15) is 16.1 Å². The Balaban J connectivity index is 1.48. The summed E-state index contributed by atoms with van der Waals surface area (Å²) >= 11 is 0. The SMILES string of the molecule is O=C(NN=Cc1ccc([N+](=O)[O-])cc1)c1cc(-c2cccc3ccccc23)n[nH]1. The standard InChI is InChI=1S/C21H15N5O3/c27-21(25-22-13-14-8-10-16(11-9-14)26(28)29)20-12-19(23-24-20)18-7-3-5-15-4-1-2-6-17(15)18/h1-13H,(H,23,24)(H,25,27). The first-order valence-electron chi connectivity index (χ1n) is 8.73. The minimum Gasteiger partial charge on any atom is -0.272 e. The zero-order valence-corrected chi connectivity index (χ0v) is 15.1. The maximum atomic E-state index is 12.3. The van der Waals surface area contributed by atoms with Gasteiger partial charge in [0.05, 0.1) is 16.8 Å². The van der Waals surface area contributed by atoms with E-state index in [1.54, 1.807) is 18.2 Å². The largest absolute Gasteiger partial charge is 0.289 e. The molecule has 1 amide bonds. The number of H-pyrrole nitrogens is 1. The summed E-state index contributed by atoms with van der Waals surface area (Å²) in [6.07, 6.45) is 1.41. The number of carbonyl (C=O) groups is 1. The van der Waals surface area contributed by atoms with Gasteiger partial charge in [-0.25, -0.2) is 5.43 Å². The molecular formula is C21H15N5O3. The molecule has 0 unspecified atom stereocenters. The molecule has 8 nitrogen and oxygen atoms in total. The van der Waals surface area contributed by atoms with E-state index in [0.717, 1.165) is 16.3 Å². The Morgan fingerprint density at radius 1 is 1.07 bits per heavy atom. The Morgan fingerprint density at radius 2 is 1.83 bits per heavy atom. The molecule has 4 rings (SSSR count). The highest BCUT2D eigenvalue weighted by atomic mass is 16.6. The molecule has 29 heavy (non-hydrogen) atoms. The molecule has 0 aliphatic rings. The summed E-state index contributed by atoms with van der Waals surface area (Å²) in [5.74, 6) is -0.442. The predicted octanol–water partition coefficient (Wildman–Crippen LogP) is 3.90. The van der Waals surface area contributed by atoms with Gasteiger partial charge in [0.1, 0.15) is 5.69 Å². The Bertz CT molecular complexity index is 1220. The van der Waals surface area contributed by atoms with E-state index in [1.165, 1.54) is 18.3 Å². The fourth-order valence-corrected chi connectivity index (χ4v) is 2.93. The maximum absolute atomic E-state index is 12.3. The van der Waals surface area contributed by atoms with Crippen molar-refractivity contribution < 1.29 is 9.72 Å². The number of nitro groups is 1. The second-order valence-electron chi connectivity index (χ2n) is 6.24. The molecule has 0 bridgehead atoms.